The Hall–Kier alpha value is -11.2. The summed E-state index contributed by atoms with van der Waals surface area (Å²) < 4.78 is 24.4. The van der Waals surface area contributed by atoms with Crippen molar-refractivity contribution in [3.8, 4) is 80.1 Å². The van der Waals surface area contributed by atoms with E-state index in [1.807, 2.05) is 19.0 Å². The summed E-state index contributed by atoms with van der Waals surface area (Å²) in [7, 11) is 3.79. The van der Waals surface area contributed by atoms with Crippen LogP contribution in [-0.4, -0.2) is 140 Å². The van der Waals surface area contributed by atoms with Gasteiger partial charge in [0.15, 0.2) is 23.0 Å². The Labute approximate surface area is 643 Å². The summed E-state index contributed by atoms with van der Waals surface area (Å²) in [5.41, 5.74) is -2.84. The molecule has 0 saturated carbocycles. The summed E-state index contributed by atoms with van der Waals surface area (Å²) >= 11 is 14.0. The first-order valence-corrected chi connectivity index (χ1v) is 36.9. The molecule has 16 N–H and O–H groups in total. The van der Waals surface area contributed by atoms with Crippen LogP contribution in [0.15, 0.2) is 109 Å². The lowest BCUT2D eigenvalue weighted by molar-refractivity contribution is -0.137. The highest BCUT2D eigenvalue weighted by molar-refractivity contribution is 6.32. The molecule has 582 valence electrons. The number of alkyl carbamates (subject to hydrolysis) is 1. The van der Waals surface area contributed by atoms with Gasteiger partial charge in [0, 0.05) is 36.7 Å². The van der Waals surface area contributed by atoms with E-state index in [0.29, 0.717) is 25.9 Å². The quantitative estimate of drug-likeness (QED) is 0.0377. The number of phenols is 6. The molecule has 8 amide bonds. The Morgan fingerprint density at radius 1 is 0.555 bits per heavy atom. The Morgan fingerprint density at radius 3 is 1.82 bits per heavy atom. The number of nitrogens with zero attached hydrogens (tertiary/aromatic N) is 1. The first kappa shape index (κ1) is 79.8. The molecule has 7 aromatic carbocycles. The lowest BCUT2D eigenvalue weighted by Crippen LogP contribution is -2.56. The highest BCUT2D eigenvalue weighted by Crippen LogP contribution is 2.49. The van der Waals surface area contributed by atoms with Gasteiger partial charge in [-0.3, -0.25) is 33.6 Å². The molecule has 8 atom stereocenters. The maximum absolute atomic E-state index is 16.2. The van der Waals surface area contributed by atoms with Crippen LogP contribution in [0.2, 0.25) is 10.0 Å². The normalized spacial score (nSPS) is 19.8. The van der Waals surface area contributed by atoms with Gasteiger partial charge in [-0.2, -0.15) is 0 Å². The number of halogens is 2. The molecule has 0 fully saturated rings. The second-order valence-electron chi connectivity index (χ2n) is 28.7. The summed E-state index contributed by atoms with van der Waals surface area (Å²) in [4.78, 5) is 125. The van der Waals surface area contributed by atoms with Gasteiger partial charge in [-0.1, -0.05) is 99.3 Å². The summed E-state index contributed by atoms with van der Waals surface area (Å²) in [5.74, 6) is -13.9. The Balaban J connectivity index is 1.09. The number of hydrogen-bond acceptors (Lipinski definition) is 21. The van der Waals surface area contributed by atoms with Crippen molar-refractivity contribution < 1.29 is 93.0 Å². The number of ether oxygens (including phenoxy) is 4. The largest absolute Gasteiger partial charge is 0.508 e. The fourth-order valence-electron chi connectivity index (χ4n) is 13.3. The molecular formula is C79H88Cl2N10O19. The zero-order chi connectivity index (χ0) is 79.0. The van der Waals surface area contributed by atoms with Crippen LogP contribution < -0.4 is 62.1 Å². The van der Waals surface area contributed by atoms with Gasteiger partial charge >= 0.3 is 6.09 Å². The van der Waals surface area contributed by atoms with E-state index < -0.39 is 154 Å². The molecule has 0 saturated heterocycles. The second-order valence-corrected chi connectivity index (χ2v) is 29.5. The van der Waals surface area contributed by atoms with E-state index >= 15 is 28.8 Å². The standard InChI is InChI=1S/C79H88Cl2N10O19/c1-7-8-9-10-11-12-13-14-25-83-72(100)66-48-37-55(95)49(38-82-24-15-26-91(5)6)69(97)61(48)47-31-40(17-20-53(47)93)62-74(102)89-67(77(105)88-66)68(96)42-19-23-57(51(81)32-42)109-60-35-44-34-59(70(60)98)108-56-22-16-39(27-50(56)80)28-52-71(99)85-64(75(103)87-65(44)76(104)86-62)43-29-45(92)36-46(30-43)107-58-33-41(18-21-54(58)94)63(73(101)84-52)90-78(106)110-79(2,3)4/h16-23,27,29-37,52,62-68,82,92-98H,7-15,24-26,28,38H2,1-6H3,(H,83,100)(H,84,101)(H,85,99)(H,86,104)(H,87,103)(H,88,105)(H,89,102)(H,90,106)/t52-,62-,63+,64-,65-,66-,67-,68?/m0/s1. The van der Waals surface area contributed by atoms with E-state index in [9.17, 15) is 45.3 Å². The molecule has 13 rings (SSSR count). The highest BCUT2D eigenvalue weighted by atomic mass is 35.5. The molecule has 0 aliphatic carbocycles. The van der Waals surface area contributed by atoms with Crippen molar-refractivity contribution in [1.29, 1.82) is 0 Å². The minimum Gasteiger partial charge on any atom is -0.508 e. The maximum Gasteiger partial charge on any atom is 0.408 e. The minimum absolute atomic E-state index is 0.00140. The smallest absolute Gasteiger partial charge is 0.408 e. The second kappa shape index (κ2) is 34.6. The van der Waals surface area contributed by atoms with Gasteiger partial charge in [0.2, 0.25) is 47.1 Å². The SMILES string of the molecule is CCCCCCCCCCNC(=O)[C@H]1NC(=O)[C@H]2NC(=O)[C@@H](NC(=O)[C@H]3NC(=O)[C@H]4NC(=O)[C@H](Cc5ccc(c(Cl)c5)Oc5cc3cc(c5O)Oc3ccc(cc3Cl)C2O)NC(=O)[C@H](NC(=O)OC(C)(C)C)c2ccc(O)c(c2)Oc2cc(O)cc4c2)c2ccc(O)c(c2)-c2c1cc(O)c(CNCCCN(C)C)c2O. The summed E-state index contributed by atoms with van der Waals surface area (Å²) in [6, 6.07) is 7.89. The van der Waals surface area contributed by atoms with Crippen LogP contribution in [0.25, 0.3) is 11.1 Å². The van der Waals surface area contributed by atoms with E-state index in [-0.39, 0.29) is 102 Å². The number of amides is 8. The summed E-state index contributed by atoms with van der Waals surface area (Å²) in [5, 5.41) is 109. The highest BCUT2D eigenvalue weighted by Gasteiger charge is 2.42. The zero-order valence-electron chi connectivity index (χ0n) is 61.1. The molecule has 110 heavy (non-hydrogen) atoms. The third-order valence-electron chi connectivity index (χ3n) is 18.9. The number of carbonyl (C=O) groups is 8. The number of aliphatic hydroxyl groups is 1. The van der Waals surface area contributed by atoms with Crippen LogP contribution in [-0.2, 0) is 51.3 Å². The van der Waals surface area contributed by atoms with Crippen LogP contribution in [0.5, 0.6) is 69.0 Å². The van der Waals surface area contributed by atoms with Gasteiger partial charge in [0.05, 0.1) is 15.6 Å². The van der Waals surface area contributed by atoms with Crippen molar-refractivity contribution in [2.75, 3.05) is 33.7 Å². The van der Waals surface area contributed by atoms with E-state index in [0.717, 1.165) is 87.4 Å². The predicted molar refractivity (Wildman–Crippen MR) is 403 cm³/mol. The number of unbranched alkanes of at least 4 members (excludes halogenated alkanes) is 7. The number of aliphatic hydroxyl groups excluding tert-OH is 1. The molecule has 7 aromatic rings. The molecule has 0 aromatic heterocycles. The molecule has 6 heterocycles. The first-order valence-electron chi connectivity index (χ1n) is 36.1. The lowest BCUT2D eigenvalue weighted by atomic mass is 9.87. The number of rotatable bonds is 17. The molecule has 0 spiro atoms. The van der Waals surface area contributed by atoms with Gasteiger partial charge in [-0.25, -0.2) is 4.79 Å². The molecule has 1 unspecified atom stereocenters. The zero-order valence-corrected chi connectivity index (χ0v) is 62.7. The molecule has 17 bridgehead atoms. The number of nitrogens with one attached hydrogen (secondary N) is 9. The topological polar surface area (TPSA) is 427 Å². The number of hydrogen-bond donors (Lipinski definition) is 16. The third kappa shape index (κ3) is 18.9. The van der Waals surface area contributed by atoms with Gasteiger partial charge < -0.3 is 107 Å². The summed E-state index contributed by atoms with van der Waals surface area (Å²) in [6.07, 6.45) is 4.44. The molecule has 0 radical (unpaired) electrons. The van der Waals surface area contributed by atoms with Crippen molar-refractivity contribution in [1.82, 2.24) is 52.8 Å². The van der Waals surface area contributed by atoms with Gasteiger partial charge in [0.1, 0.15) is 94.2 Å². The lowest BCUT2D eigenvalue weighted by Gasteiger charge is -2.32. The van der Waals surface area contributed by atoms with Crippen LogP contribution in [0.3, 0.4) is 0 Å². The average molecular weight is 1550 g/mol. The number of aromatic hydroxyl groups is 6. The van der Waals surface area contributed by atoms with Crippen molar-refractivity contribution >= 4 is 70.6 Å². The Bertz CT molecular complexity index is 4710. The van der Waals surface area contributed by atoms with E-state index in [1.165, 1.54) is 66.7 Å². The minimum atomic E-state index is -2.21. The van der Waals surface area contributed by atoms with Crippen molar-refractivity contribution in [2.24, 2.45) is 0 Å². The van der Waals surface area contributed by atoms with Gasteiger partial charge in [-0.15, -0.1) is 0 Å². The van der Waals surface area contributed by atoms with Crippen molar-refractivity contribution in [3.63, 3.8) is 0 Å². The summed E-state index contributed by atoms with van der Waals surface area (Å²) in [6.45, 7) is 7.85. The first-order chi connectivity index (χ1) is 52.4. The molecule has 29 nitrogen and oxygen atoms in total. The number of fused-ring (bicyclic) bond motifs is 14. The molecule has 6 aliphatic heterocycles. The molecule has 31 heteroatoms. The van der Waals surface area contributed by atoms with Crippen LogP contribution >= 0.6 is 23.2 Å². The predicted octanol–water partition coefficient (Wildman–Crippen LogP) is 9.76. The number of carbonyl (C=O) groups excluding carboxylic acids is 8. The van der Waals surface area contributed by atoms with E-state index in [1.54, 1.807) is 20.8 Å². The number of phenolic OH excluding ortho intramolecular Hbond substituents is 6. The van der Waals surface area contributed by atoms with E-state index in [2.05, 4.69) is 54.8 Å². The monoisotopic (exact) mass is 1550 g/mol. The number of benzene rings is 7. The van der Waals surface area contributed by atoms with Crippen LogP contribution in [0.4, 0.5) is 4.79 Å². The van der Waals surface area contributed by atoms with E-state index in [4.69, 9.17) is 42.1 Å². The van der Waals surface area contributed by atoms with Crippen molar-refractivity contribution in [3.05, 3.63) is 164 Å². The van der Waals surface area contributed by atoms with Crippen LogP contribution in [0.1, 0.15) is 166 Å². The average Bonchev–Trinajstić information content (AvgIpc) is 0.757. The fraction of sp³-hybridized carbons (Fsp3) is 0.367. The van der Waals surface area contributed by atoms with Crippen LogP contribution in [0, 0.1) is 0 Å². The Morgan fingerprint density at radius 2 is 1.15 bits per heavy atom. The van der Waals surface area contributed by atoms with Gasteiger partial charge in [-0.05, 0) is 179 Å². The third-order valence-corrected chi connectivity index (χ3v) is 19.5. The molecular weight excluding hydrogens is 1460 g/mol. The molecule has 6 aliphatic rings. The fourth-order valence-corrected chi connectivity index (χ4v) is 13.8. The Kier molecular flexibility index (Phi) is 25.1. The van der Waals surface area contributed by atoms with Crippen molar-refractivity contribution in [2.45, 2.75) is 152 Å². The maximum atomic E-state index is 16.2. The van der Waals surface area contributed by atoms with Gasteiger partial charge in [0.25, 0.3) is 0 Å².